The van der Waals surface area contributed by atoms with Gasteiger partial charge < -0.3 is 15.5 Å². The maximum Gasteiger partial charge on any atom is 0.258 e. The van der Waals surface area contributed by atoms with Crippen LogP contribution in [-0.2, 0) is 20.9 Å². The third-order valence-electron chi connectivity index (χ3n) is 6.75. The molecule has 39 heavy (non-hydrogen) atoms. The topological polar surface area (TPSA) is 91.4 Å². The van der Waals surface area contributed by atoms with Crippen LogP contribution in [0.25, 0.3) is 10.4 Å². The van der Waals surface area contributed by atoms with Crippen LogP contribution in [0.15, 0.2) is 29.8 Å². The molecule has 1 saturated carbocycles. The molecule has 2 aromatic rings. The predicted molar refractivity (Wildman–Crippen MR) is 156 cm³/mol. The Kier molecular flexibility index (Phi) is 11.6. The van der Waals surface area contributed by atoms with Gasteiger partial charge in [-0.25, -0.2) is 9.37 Å². The van der Waals surface area contributed by atoms with Gasteiger partial charge in [-0.2, -0.15) is 0 Å². The first kappa shape index (κ1) is 32.4. The fourth-order valence-electron chi connectivity index (χ4n) is 4.37. The molecular formula is C30H45FN4O3S. The van der Waals surface area contributed by atoms with E-state index in [1.54, 1.807) is 16.2 Å². The largest absolute Gasteiger partial charge is 0.350 e. The van der Waals surface area contributed by atoms with Crippen molar-refractivity contribution in [3.8, 4) is 10.4 Å². The molecule has 2 atom stereocenters. The molecule has 216 valence electrons. The average molecular weight is 561 g/mol. The zero-order valence-electron chi connectivity index (χ0n) is 24.7. The number of benzene rings is 1. The summed E-state index contributed by atoms with van der Waals surface area (Å²) in [5, 5.41) is 5.59. The molecule has 1 aliphatic carbocycles. The smallest absolute Gasteiger partial charge is 0.258 e. The van der Waals surface area contributed by atoms with E-state index in [0.717, 1.165) is 21.7 Å². The normalized spacial score (nSPS) is 18.1. The first-order valence-corrected chi connectivity index (χ1v) is 14.9. The fourth-order valence-corrected chi connectivity index (χ4v) is 5.19. The minimum absolute atomic E-state index is 0.184. The molecule has 1 saturated heterocycles. The maximum absolute atomic E-state index is 14.3. The van der Waals surface area contributed by atoms with Crippen LogP contribution < -0.4 is 10.6 Å². The van der Waals surface area contributed by atoms with Crippen molar-refractivity contribution >= 4 is 29.1 Å². The number of hydrogen-bond donors (Lipinski definition) is 2. The van der Waals surface area contributed by atoms with Crippen LogP contribution >= 0.6 is 11.3 Å². The molecule has 2 aliphatic rings. The molecule has 1 aromatic carbocycles. The Bertz CT molecular complexity index is 1110. The third-order valence-corrected chi connectivity index (χ3v) is 7.73. The molecule has 2 fully saturated rings. The van der Waals surface area contributed by atoms with E-state index in [1.807, 2.05) is 85.2 Å². The van der Waals surface area contributed by atoms with Crippen molar-refractivity contribution < 1.29 is 18.8 Å². The van der Waals surface area contributed by atoms with Crippen LogP contribution in [0.1, 0.15) is 85.4 Å². The molecule has 1 aromatic heterocycles. The number of halogens is 1. The highest BCUT2D eigenvalue weighted by Gasteiger charge is 2.53. The van der Waals surface area contributed by atoms with E-state index >= 15 is 0 Å². The van der Waals surface area contributed by atoms with Crippen LogP contribution in [0.4, 0.5) is 4.39 Å². The van der Waals surface area contributed by atoms with E-state index in [-0.39, 0.29) is 24.7 Å². The fraction of sp³-hybridized carbons (Fsp3) is 0.600. The molecular weight excluding hydrogens is 515 g/mol. The van der Waals surface area contributed by atoms with Crippen molar-refractivity contribution in [3.05, 3.63) is 41.0 Å². The minimum Gasteiger partial charge on any atom is -0.350 e. The highest BCUT2D eigenvalue weighted by Crippen LogP contribution is 2.40. The molecule has 2 N–H and O–H groups in total. The Morgan fingerprint density at radius 1 is 1.13 bits per heavy atom. The molecule has 0 spiro atoms. The summed E-state index contributed by atoms with van der Waals surface area (Å²) in [7, 11) is 0. The van der Waals surface area contributed by atoms with Gasteiger partial charge >= 0.3 is 0 Å². The monoisotopic (exact) mass is 560 g/mol. The van der Waals surface area contributed by atoms with E-state index < -0.39 is 29.1 Å². The number of rotatable bonds is 7. The Balaban J connectivity index is 0.00000127. The number of nitrogens with zero attached hydrogens (tertiary/aromatic N) is 2. The maximum atomic E-state index is 14.3. The van der Waals surface area contributed by atoms with Crippen LogP contribution in [0.5, 0.6) is 0 Å². The highest BCUT2D eigenvalue weighted by atomic mass is 32.1. The second kappa shape index (κ2) is 14.0. The second-order valence-corrected chi connectivity index (χ2v) is 11.5. The summed E-state index contributed by atoms with van der Waals surface area (Å²) in [5.74, 6) is -1.29. The molecule has 9 heteroatoms. The number of alkyl halides is 1. The first-order valence-electron chi connectivity index (χ1n) is 14.1. The number of likely N-dealkylation sites (tertiary alicyclic amines) is 1. The van der Waals surface area contributed by atoms with Gasteiger partial charge in [-0.3, -0.25) is 14.4 Å². The molecule has 2 unspecified atom stereocenters. The van der Waals surface area contributed by atoms with Crippen molar-refractivity contribution in [2.75, 3.05) is 6.54 Å². The van der Waals surface area contributed by atoms with Gasteiger partial charge in [-0.1, -0.05) is 72.7 Å². The van der Waals surface area contributed by atoms with E-state index in [4.69, 9.17) is 0 Å². The van der Waals surface area contributed by atoms with Gasteiger partial charge in [0.25, 0.3) is 5.91 Å². The summed E-state index contributed by atoms with van der Waals surface area (Å²) in [6, 6.07) is 6.47. The number of carbonyl (C=O) groups excluding carboxylic acids is 3. The Morgan fingerprint density at radius 3 is 2.26 bits per heavy atom. The van der Waals surface area contributed by atoms with E-state index in [2.05, 4.69) is 15.6 Å². The molecule has 7 nitrogen and oxygen atoms in total. The lowest BCUT2D eigenvalue weighted by molar-refractivity contribution is -0.144. The summed E-state index contributed by atoms with van der Waals surface area (Å²) in [4.78, 5) is 45.8. The number of hydrogen-bond acceptors (Lipinski definition) is 5. The minimum atomic E-state index is -1.86. The number of aryl methyl sites for hydroxylation is 1. The number of thiazole rings is 1. The number of amides is 3. The first-order chi connectivity index (χ1) is 18.5. The quantitative estimate of drug-likeness (QED) is 0.447. The lowest BCUT2D eigenvalue weighted by atomic mass is 9.85. The number of aromatic nitrogens is 1. The van der Waals surface area contributed by atoms with Gasteiger partial charge in [0.2, 0.25) is 11.8 Å². The third kappa shape index (κ3) is 8.10. The molecule has 1 aliphatic heterocycles. The van der Waals surface area contributed by atoms with Crippen molar-refractivity contribution in [1.29, 1.82) is 0 Å². The second-order valence-electron chi connectivity index (χ2n) is 10.6. The predicted octanol–water partition coefficient (Wildman–Crippen LogP) is 5.81. The van der Waals surface area contributed by atoms with Crippen LogP contribution in [0.3, 0.4) is 0 Å². The van der Waals surface area contributed by atoms with Gasteiger partial charge in [-0.05, 0) is 49.1 Å². The van der Waals surface area contributed by atoms with E-state index in [1.165, 1.54) is 0 Å². The van der Waals surface area contributed by atoms with Gasteiger partial charge in [-0.15, -0.1) is 11.3 Å². The summed E-state index contributed by atoms with van der Waals surface area (Å²) in [5.41, 5.74) is 2.37. The summed E-state index contributed by atoms with van der Waals surface area (Å²) >= 11 is 1.59. The lowest BCUT2D eigenvalue weighted by Gasteiger charge is -2.35. The number of nitrogens with one attached hydrogen (secondary N) is 2. The van der Waals surface area contributed by atoms with Gasteiger partial charge in [0.05, 0.1) is 16.1 Å². The molecule has 3 amide bonds. The van der Waals surface area contributed by atoms with E-state index in [0.29, 0.717) is 25.9 Å². The zero-order chi connectivity index (χ0) is 29.4. The summed E-state index contributed by atoms with van der Waals surface area (Å²) < 4.78 is 14.3. The Morgan fingerprint density at radius 2 is 1.74 bits per heavy atom. The average Bonchev–Trinajstić information content (AvgIpc) is 3.30. The Hall–Kier alpha value is -2.81. The molecule has 2 heterocycles. The van der Waals surface area contributed by atoms with Gasteiger partial charge in [0.15, 0.2) is 5.67 Å². The molecule has 0 bridgehead atoms. The van der Waals surface area contributed by atoms with Crippen LogP contribution in [-0.4, -0.2) is 51.9 Å². The number of carbonyl (C=O) groups is 3. The zero-order valence-corrected chi connectivity index (χ0v) is 25.5. The van der Waals surface area contributed by atoms with E-state index in [9.17, 15) is 18.8 Å². The molecule has 4 rings (SSSR count). The standard InChI is InChI=1S/C26H33FN4O3S.2C2H6/c1-16-20(35-15-29-16)18-9-7-17(8-10-18)14-28-22(32)19-6-5-13-31(19)23(33)21(25(2,3)4)30-24(34)26(27)11-12-26;2*1-2/h7-10,15,19,21H,5-6,11-14H2,1-4H3,(H,28,32)(H,30,34);2*1-2H3. The summed E-state index contributed by atoms with van der Waals surface area (Å²) in [6.07, 6.45) is 1.62. The van der Waals surface area contributed by atoms with Crippen molar-refractivity contribution in [1.82, 2.24) is 20.5 Å². The van der Waals surface area contributed by atoms with Crippen LogP contribution in [0.2, 0.25) is 0 Å². The summed E-state index contributed by atoms with van der Waals surface area (Å²) in [6.45, 7) is 16.3. The SMILES string of the molecule is CC.CC.Cc1ncsc1-c1ccc(CNC(=O)C2CCCN2C(=O)C(NC(=O)C2(F)CC2)C(C)(C)C)cc1. The lowest BCUT2D eigenvalue weighted by Crippen LogP contribution is -2.58. The van der Waals surface area contributed by atoms with Gasteiger partial charge in [0.1, 0.15) is 12.1 Å². The van der Waals surface area contributed by atoms with Crippen molar-refractivity contribution in [2.45, 2.75) is 105 Å². The molecule has 0 radical (unpaired) electrons. The van der Waals surface area contributed by atoms with Crippen molar-refractivity contribution in [3.63, 3.8) is 0 Å². The van der Waals surface area contributed by atoms with Crippen LogP contribution in [0, 0.1) is 12.3 Å². The Labute approximate surface area is 237 Å². The van der Waals surface area contributed by atoms with Crippen molar-refractivity contribution in [2.24, 2.45) is 5.41 Å². The highest BCUT2D eigenvalue weighted by molar-refractivity contribution is 7.13. The van der Waals surface area contributed by atoms with Gasteiger partial charge in [0, 0.05) is 13.1 Å².